The lowest BCUT2D eigenvalue weighted by atomic mass is 10.2. The van der Waals surface area contributed by atoms with Gasteiger partial charge in [0, 0.05) is 5.75 Å². The van der Waals surface area contributed by atoms with Gasteiger partial charge < -0.3 is 0 Å². The number of hydrogen-bond acceptors (Lipinski definition) is 3. The summed E-state index contributed by atoms with van der Waals surface area (Å²) in [7, 11) is 0. The molecule has 1 N–H and O–H groups in total. The molecule has 18 heavy (non-hydrogen) atoms. The Hall–Kier alpha value is -1.88. The van der Waals surface area contributed by atoms with E-state index in [4.69, 9.17) is 0 Å². The van der Waals surface area contributed by atoms with Crippen molar-refractivity contribution in [2.45, 2.75) is 5.16 Å². The second-order valence-electron chi connectivity index (χ2n) is 3.49. The summed E-state index contributed by atoms with van der Waals surface area (Å²) in [6.07, 6.45) is 5.45. The quantitative estimate of drug-likeness (QED) is 0.662. The zero-order valence-corrected chi connectivity index (χ0v) is 10.5. The summed E-state index contributed by atoms with van der Waals surface area (Å²) in [5, 5.41) is 7.56. The maximum atomic E-state index is 12.7. The van der Waals surface area contributed by atoms with Crippen molar-refractivity contribution < 1.29 is 4.39 Å². The minimum Gasteiger partial charge on any atom is -0.259 e. The maximum absolute atomic E-state index is 12.7. The summed E-state index contributed by atoms with van der Waals surface area (Å²) in [6, 6.07) is 6.25. The fourth-order valence-corrected chi connectivity index (χ4v) is 1.82. The Morgan fingerprint density at radius 3 is 2.78 bits per heavy atom. The Labute approximate surface area is 109 Å². The van der Waals surface area contributed by atoms with Crippen molar-refractivity contribution in [1.82, 2.24) is 15.2 Å². The average Bonchev–Trinajstić information content (AvgIpc) is 2.84. The number of nitrogens with one attached hydrogen (secondary N) is 1. The van der Waals surface area contributed by atoms with E-state index in [0.717, 1.165) is 11.3 Å². The standard InChI is InChI=1S/C13H12FN3S/c1-2-9-18-13-15-12(16-17-13)8-5-10-3-6-11(14)7-4-10/h2-8H,1,9H2,(H,15,16,17)/b8-5+. The van der Waals surface area contributed by atoms with Crippen LogP contribution in [0.5, 0.6) is 0 Å². The highest BCUT2D eigenvalue weighted by Crippen LogP contribution is 2.13. The second-order valence-corrected chi connectivity index (χ2v) is 4.47. The van der Waals surface area contributed by atoms with Crippen LogP contribution in [0.1, 0.15) is 11.4 Å². The van der Waals surface area contributed by atoms with Crippen LogP contribution in [0.4, 0.5) is 4.39 Å². The molecule has 0 bridgehead atoms. The largest absolute Gasteiger partial charge is 0.259 e. The summed E-state index contributed by atoms with van der Waals surface area (Å²) >= 11 is 1.51. The number of hydrogen-bond donors (Lipinski definition) is 1. The van der Waals surface area contributed by atoms with Crippen LogP contribution in [0.3, 0.4) is 0 Å². The van der Waals surface area contributed by atoms with Crippen LogP contribution in [-0.4, -0.2) is 20.9 Å². The Bertz CT molecular complexity index is 546. The van der Waals surface area contributed by atoms with Gasteiger partial charge in [0.2, 0.25) is 5.16 Å². The molecule has 1 heterocycles. The summed E-state index contributed by atoms with van der Waals surface area (Å²) in [6.45, 7) is 3.63. The van der Waals surface area contributed by atoms with Gasteiger partial charge in [0.1, 0.15) is 11.6 Å². The van der Waals surface area contributed by atoms with E-state index in [1.807, 2.05) is 6.08 Å². The van der Waals surface area contributed by atoms with Crippen molar-refractivity contribution in [3.8, 4) is 0 Å². The number of nitrogens with zero attached hydrogens (tertiary/aromatic N) is 2. The number of H-pyrrole nitrogens is 1. The van der Waals surface area contributed by atoms with E-state index in [2.05, 4.69) is 21.8 Å². The van der Waals surface area contributed by atoms with Gasteiger partial charge in [-0.15, -0.1) is 11.7 Å². The summed E-state index contributed by atoms with van der Waals surface area (Å²) in [5.74, 6) is 1.21. The monoisotopic (exact) mass is 261 g/mol. The zero-order chi connectivity index (χ0) is 12.8. The molecular weight excluding hydrogens is 249 g/mol. The number of halogens is 1. The highest BCUT2D eigenvalue weighted by Gasteiger charge is 1.99. The molecule has 0 saturated carbocycles. The van der Waals surface area contributed by atoms with Crippen molar-refractivity contribution in [2.75, 3.05) is 5.75 Å². The minimum absolute atomic E-state index is 0.241. The molecule has 0 fully saturated rings. The van der Waals surface area contributed by atoms with Crippen LogP contribution in [0.25, 0.3) is 12.2 Å². The van der Waals surface area contributed by atoms with Crippen molar-refractivity contribution in [1.29, 1.82) is 0 Å². The highest BCUT2D eigenvalue weighted by atomic mass is 32.2. The molecule has 0 unspecified atom stereocenters. The van der Waals surface area contributed by atoms with Crippen LogP contribution < -0.4 is 0 Å². The molecule has 1 aromatic heterocycles. The van der Waals surface area contributed by atoms with E-state index in [0.29, 0.717) is 11.0 Å². The normalized spacial score (nSPS) is 10.9. The van der Waals surface area contributed by atoms with Crippen LogP contribution in [0.15, 0.2) is 42.1 Å². The lowest BCUT2D eigenvalue weighted by Gasteiger charge is -1.91. The van der Waals surface area contributed by atoms with Gasteiger partial charge in [-0.25, -0.2) is 9.37 Å². The fraction of sp³-hybridized carbons (Fsp3) is 0.0769. The van der Waals surface area contributed by atoms with Crippen LogP contribution >= 0.6 is 11.8 Å². The van der Waals surface area contributed by atoms with Gasteiger partial charge in [0.25, 0.3) is 0 Å². The molecule has 0 saturated heterocycles. The van der Waals surface area contributed by atoms with Gasteiger partial charge in [-0.2, -0.15) is 0 Å². The minimum atomic E-state index is -0.241. The predicted molar refractivity (Wildman–Crippen MR) is 72.6 cm³/mol. The van der Waals surface area contributed by atoms with Gasteiger partial charge >= 0.3 is 0 Å². The van der Waals surface area contributed by atoms with E-state index in [1.54, 1.807) is 24.3 Å². The van der Waals surface area contributed by atoms with Gasteiger partial charge in [0.15, 0.2) is 0 Å². The summed E-state index contributed by atoms with van der Waals surface area (Å²) in [5.41, 5.74) is 0.910. The van der Waals surface area contributed by atoms with Crippen LogP contribution in [0, 0.1) is 5.82 Å². The molecule has 2 aromatic rings. The van der Waals surface area contributed by atoms with Crippen LogP contribution in [0.2, 0.25) is 0 Å². The number of aromatic nitrogens is 3. The summed E-state index contributed by atoms with van der Waals surface area (Å²) < 4.78 is 12.7. The van der Waals surface area contributed by atoms with E-state index in [1.165, 1.54) is 23.9 Å². The van der Waals surface area contributed by atoms with Crippen LogP contribution in [-0.2, 0) is 0 Å². The number of rotatable bonds is 5. The molecule has 0 aliphatic rings. The molecule has 5 heteroatoms. The first-order valence-electron chi connectivity index (χ1n) is 5.37. The molecule has 0 spiro atoms. The molecule has 0 atom stereocenters. The van der Waals surface area contributed by atoms with Crippen molar-refractivity contribution in [3.05, 3.63) is 54.1 Å². The Morgan fingerprint density at radius 1 is 1.28 bits per heavy atom. The third kappa shape index (κ3) is 3.56. The van der Waals surface area contributed by atoms with Gasteiger partial charge in [-0.3, -0.25) is 5.10 Å². The lowest BCUT2D eigenvalue weighted by molar-refractivity contribution is 0.628. The molecule has 0 aliphatic heterocycles. The number of benzene rings is 1. The van der Waals surface area contributed by atoms with Crippen molar-refractivity contribution >= 4 is 23.9 Å². The molecule has 0 radical (unpaired) electrons. The average molecular weight is 261 g/mol. The topological polar surface area (TPSA) is 41.6 Å². The SMILES string of the molecule is C=CCSc1n[nH]c(/C=C/c2ccc(F)cc2)n1. The Balaban J connectivity index is 2.02. The second kappa shape index (κ2) is 6.16. The fourth-order valence-electron chi connectivity index (χ4n) is 1.28. The van der Waals surface area contributed by atoms with Gasteiger partial charge in [-0.1, -0.05) is 36.0 Å². The predicted octanol–water partition coefficient (Wildman–Crippen LogP) is 3.39. The van der Waals surface area contributed by atoms with E-state index >= 15 is 0 Å². The number of thioether (sulfide) groups is 1. The molecule has 0 aliphatic carbocycles. The molecule has 92 valence electrons. The van der Waals surface area contributed by atoms with Crippen molar-refractivity contribution in [2.24, 2.45) is 0 Å². The number of aromatic amines is 1. The smallest absolute Gasteiger partial charge is 0.209 e. The molecule has 0 amide bonds. The first kappa shape index (κ1) is 12.6. The van der Waals surface area contributed by atoms with Gasteiger partial charge in [-0.05, 0) is 23.8 Å². The van der Waals surface area contributed by atoms with E-state index in [-0.39, 0.29) is 5.82 Å². The van der Waals surface area contributed by atoms with Gasteiger partial charge in [0.05, 0.1) is 0 Å². The highest BCUT2D eigenvalue weighted by molar-refractivity contribution is 7.99. The summed E-state index contributed by atoms with van der Waals surface area (Å²) in [4.78, 5) is 4.27. The lowest BCUT2D eigenvalue weighted by Crippen LogP contribution is -1.77. The van der Waals surface area contributed by atoms with Crippen molar-refractivity contribution in [3.63, 3.8) is 0 Å². The first-order chi connectivity index (χ1) is 8.78. The third-order valence-corrected chi connectivity index (χ3v) is 2.96. The zero-order valence-electron chi connectivity index (χ0n) is 9.64. The van der Waals surface area contributed by atoms with E-state index < -0.39 is 0 Å². The first-order valence-corrected chi connectivity index (χ1v) is 6.36. The molecule has 2 rings (SSSR count). The third-order valence-electron chi connectivity index (χ3n) is 2.12. The Kier molecular flexibility index (Phi) is 4.30. The molecular formula is C13H12FN3S. The maximum Gasteiger partial charge on any atom is 0.209 e. The Morgan fingerprint density at radius 2 is 2.06 bits per heavy atom. The molecule has 3 nitrogen and oxygen atoms in total. The molecule has 1 aromatic carbocycles. The van der Waals surface area contributed by atoms with E-state index in [9.17, 15) is 4.39 Å².